The number of hydrogen-bond donors (Lipinski definition) is 5. The van der Waals surface area contributed by atoms with Crippen molar-refractivity contribution in [3.8, 4) is 11.4 Å². The number of carbonyl (C=O) groups excluding carboxylic acids is 2. The van der Waals surface area contributed by atoms with Crippen LogP contribution in [0.5, 0.6) is 0 Å². The van der Waals surface area contributed by atoms with E-state index in [1.807, 2.05) is 0 Å². The Morgan fingerprint density at radius 2 is 1.89 bits per heavy atom. The van der Waals surface area contributed by atoms with Gasteiger partial charge in [-0.2, -0.15) is 17.5 Å². The third-order valence-electron chi connectivity index (χ3n) is 9.68. The molecule has 2 aromatic heterocycles. The highest BCUT2D eigenvalue weighted by Gasteiger charge is 2.52. The van der Waals surface area contributed by atoms with Gasteiger partial charge in [-0.1, -0.05) is 13.8 Å². The molecule has 3 aliphatic rings. The van der Waals surface area contributed by atoms with Gasteiger partial charge in [0.2, 0.25) is 5.91 Å². The van der Waals surface area contributed by atoms with Crippen molar-refractivity contribution in [2.24, 2.45) is 5.92 Å². The maximum atomic E-state index is 15.2. The molecule has 4 heterocycles. The van der Waals surface area contributed by atoms with Crippen molar-refractivity contribution in [1.29, 1.82) is 0 Å². The molecule has 1 aromatic carbocycles. The zero-order valence-electron chi connectivity index (χ0n) is 28.1. The van der Waals surface area contributed by atoms with Gasteiger partial charge in [-0.05, 0) is 48.9 Å². The number of aryl methyl sites for hydroxylation is 1. The second-order valence-electron chi connectivity index (χ2n) is 12.8. The smallest absolute Gasteiger partial charge is 0.458 e. The molecular weight excluding hydrogens is 760 g/mol. The van der Waals surface area contributed by atoms with Crippen LogP contribution in [0.1, 0.15) is 66.1 Å². The number of aliphatic hydroxyl groups is 2. The lowest BCUT2D eigenvalue weighted by atomic mass is 9.81. The summed E-state index contributed by atoms with van der Waals surface area (Å²) >= 11 is 0. The molecule has 0 bridgehead atoms. The van der Waals surface area contributed by atoms with E-state index in [9.17, 15) is 51.6 Å². The topological polar surface area (TPSA) is 233 Å². The summed E-state index contributed by atoms with van der Waals surface area (Å²) < 4.78 is 101. The summed E-state index contributed by atoms with van der Waals surface area (Å²) in [6, 6.07) is 1.47. The van der Waals surface area contributed by atoms with Gasteiger partial charge < -0.3 is 34.6 Å². The molecule has 6 atom stereocenters. The molecular formula is C31H33F4N3O13P2. The fourth-order valence-electron chi connectivity index (χ4n) is 7.05. The number of fused-ring (bicyclic) bond motifs is 5. The van der Waals surface area contributed by atoms with Crippen LogP contribution < -0.4 is 10.9 Å². The lowest BCUT2D eigenvalue weighted by Crippen LogP contribution is -2.45. The number of pyridine rings is 2. The molecule has 1 amide bonds. The molecule has 1 aliphatic carbocycles. The number of phosphoric ester groups is 2. The Hall–Kier alpha value is -3.58. The summed E-state index contributed by atoms with van der Waals surface area (Å²) in [5, 5.41) is 22.9. The minimum absolute atomic E-state index is 0.00574. The number of hydrogen-bond acceptors (Lipinski definition) is 12. The first-order valence-electron chi connectivity index (χ1n) is 16.1. The summed E-state index contributed by atoms with van der Waals surface area (Å²) in [6.07, 6.45) is -8.84. The van der Waals surface area contributed by atoms with Crippen LogP contribution >= 0.6 is 15.6 Å². The molecule has 0 saturated carbocycles. The third-order valence-corrected chi connectivity index (χ3v) is 12.3. The van der Waals surface area contributed by atoms with Gasteiger partial charge in [0.25, 0.3) is 5.56 Å². The van der Waals surface area contributed by atoms with Gasteiger partial charge in [-0.3, -0.25) is 18.6 Å². The molecule has 3 aromatic rings. The van der Waals surface area contributed by atoms with Crippen LogP contribution in [0.2, 0.25) is 0 Å². The van der Waals surface area contributed by atoms with Crippen molar-refractivity contribution in [3.63, 3.8) is 0 Å². The Balaban J connectivity index is 1.41. The molecule has 16 nitrogen and oxygen atoms in total. The fourth-order valence-corrected chi connectivity index (χ4v) is 9.33. The van der Waals surface area contributed by atoms with E-state index in [4.69, 9.17) is 9.84 Å². The van der Waals surface area contributed by atoms with E-state index in [-0.39, 0.29) is 59.4 Å². The number of esters is 1. The van der Waals surface area contributed by atoms with Crippen molar-refractivity contribution in [2.45, 2.75) is 77.1 Å². The number of amides is 1. The van der Waals surface area contributed by atoms with Gasteiger partial charge in [0, 0.05) is 22.6 Å². The zero-order valence-corrected chi connectivity index (χ0v) is 29.9. The lowest BCUT2D eigenvalue weighted by Gasteiger charge is -2.32. The number of nitrogens with one attached hydrogen (secondary N) is 1. The monoisotopic (exact) mass is 793 g/mol. The predicted octanol–water partition coefficient (Wildman–Crippen LogP) is 3.44. The van der Waals surface area contributed by atoms with Crippen LogP contribution in [0.25, 0.3) is 22.3 Å². The second-order valence-corrected chi connectivity index (χ2v) is 15.8. The van der Waals surface area contributed by atoms with E-state index < -0.39 is 88.6 Å². The Labute approximate surface area is 296 Å². The highest BCUT2D eigenvalue weighted by molar-refractivity contribution is 7.61. The summed E-state index contributed by atoms with van der Waals surface area (Å²) in [6.45, 7) is 1.47. The van der Waals surface area contributed by atoms with Gasteiger partial charge in [-0.25, -0.2) is 23.3 Å². The SMILES string of the molecule is CC[C@@]1(O)C(=O)OCc2c1cc1n(c2=O)Cc2c-1nc1cc(F)c(C)c3c1c2[C@@H](NC(=O)[C@@H](C)C(OP(=O)(O)OP(=O)(O)OCCO)C(F)(F)F)CC3. The Bertz CT molecular complexity index is 2210. The molecule has 5 N–H and O–H groups in total. The Morgan fingerprint density at radius 1 is 1.19 bits per heavy atom. The van der Waals surface area contributed by atoms with E-state index in [0.29, 0.717) is 22.1 Å². The maximum Gasteiger partial charge on any atom is 0.481 e. The average molecular weight is 794 g/mol. The number of halogens is 4. The van der Waals surface area contributed by atoms with E-state index in [0.717, 1.165) is 13.0 Å². The first kappa shape index (κ1) is 39.1. The first-order chi connectivity index (χ1) is 24.6. The number of carbonyl (C=O) groups is 2. The van der Waals surface area contributed by atoms with E-state index in [1.165, 1.54) is 24.5 Å². The molecule has 0 spiro atoms. The Morgan fingerprint density at radius 3 is 2.53 bits per heavy atom. The van der Waals surface area contributed by atoms with Gasteiger partial charge in [-0.15, -0.1) is 0 Å². The highest BCUT2D eigenvalue weighted by atomic mass is 31.3. The van der Waals surface area contributed by atoms with Crippen molar-refractivity contribution < 1.29 is 74.4 Å². The van der Waals surface area contributed by atoms with Gasteiger partial charge in [0.1, 0.15) is 12.4 Å². The number of rotatable bonds is 11. The summed E-state index contributed by atoms with van der Waals surface area (Å²) in [7, 11) is -11.6. The summed E-state index contributed by atoms with van der Waals surface area (Å²) in [4.78, 5) is 64.2. The number of aromatic nitrogens is 2. The normalized spacial score (nSPS) is 22.5. The van der Waals surface area contributed by atoms with Crippen molar-refractivity contribution in [1.82, 2.24) is 14.9 Å². The van der Waals surface area contributed by atoms with E-state index >= 15 is 4.39 Å². The lowest BCUT2D eigenvalue weighted by molar-refractivity contribution is -0.212. The fraction of sp³-hybridized carbons (Fsp3) is 0.484. The van der Waals surface area contributed by atoms with Crippen LogP contribution in [0.3, 0.4) is 0 Å². The van der Waals surface area contributed by atoms with Gasteiger partial charge in [0.05, 0.1) is 54.2 Å². The number of cyclic esters (lactones) is 1. The minimum Gasteiger partial charge on any atom is -0.458 e. The quantitative estimate of drug-likeness (QED) is 0.0832. The molecule has 22 heteroatoms. The molecule has 0 radical (unpaired) electrons. The largest absolute Gasteiger partial charge is 0.481 e. The molecule has 0 fully saturated rings. The number of benzene rings is 1. The first-order valence-corrected chi connectivity index (χ1v) is 19.1. The van der Waals surface area contributed by atoms with Crippen molar-refractivity contribution in [3.05, 3.63) is 61.7 Å². The van der Waals surface area contributed by atoms with Crippen LogP contribution in [0.4, 0.5) is 17.6 Å². The number of phosphoric acid groups is 2. The number of ether oxygens (including phenoxy) is 1. The number of nitrogens with zero attached hydrogens (tertiary/aromatic N) is 2. The van der Waals surface area contributed by atoms with Crippen LogP contribution in [-0.4, -0.2) is 66.9 Å². The third kappa shape index (κ3) is 6.85. The molecule has 53 heavy (non-hydrogen) atoms. The predicted molar refractivity (Wildman–Crippen MR) is 172 cm³/mol. The molecule has 6 rings (SSSR count). The molecule has 3 unspecified atom stereocenters. The zero-order chi connectivity index (χ0) is 39.0. The van der Waals surface area contributed by atoms with Crippen LogP contribution in [0, 0.1) is 18.7 Å². The molecule has 2 aliphatic heterocycles. The molecule has 288 valence electrons. The second kappa shape index (κ2) is 13.6. The maximum absolute atomic E-state index is 15.2. The number of alkyl halides is 3. The molecule has 0 saturated heterocycles. The minimum atomic E-state index is -6.05. The highest BCUT2D eigenvalue weighted by Crippen LogP contribution is 2.62. The standard InChI is InChI=1S/C31H33F4N3O13P2/c1-4-30(43)18-9-22-25-16(11-38(22)28(41)17(18)12-48-29(30)42)24-20(6-5-15-13(2)19(32)10-21(36-25)23(15)24)37-27(40)14(3)26(31(33,34)35)50-53(46,47)51-52(44,45)49-8-7-39/h9-10,14,20,26,39,43H,4-8,11-12H2,1-3H3,(H,37,40)(H,44,45)(H,46,47)/t14-,20-,26?,30-/m0/s1. The number of aliphatic hydroxyl groups excluding tert-OH is 1. The van der Waals surface area contributed by atoms with Gasteiger partial charge >= 0.3 is 27.8 Å². The van der Waals surface area contributed by atoms with E-state index in [2.05, 4.69) is 23.7 Å². The van der Waals surface area contributed by atoms with Crippen LogP contribution in [-0.2, 0) is 62.0 Å². The van der Waals surface area contributed by atoms with Crippen LogP contribution in [0.15, 0.2) is 16.9 Å². The average Bonchev–Trinajstić information content (AvgIpc) is 3.44. The summed E-state index contributed by atoms with van der Waals surface area (Å²) in [5.74, 6) is -5.19. The summed E-state index contributed by atoms with van der Waals surface area (Å²) in [5.41, 5.74) is -0.908. The Kier molecular flexibility index (Phi) is 10.1. The van der Waals surface area contributed by atoms with E-state index in [1.54, 1.807) is 0 Å². The van der Waals surface area contributed by atoms with Crippen molar-refractivity contribution in [2.75, 3.05) is 13.2 Å². The van der Waals surface area contributed by atoms with Crippen molar-refractivity contribution >= 4 is 38.4 Å². The van der Waals surface area contributed by atoms with Gasteiger partial charge in [0.15, 0.2) is 11.7 Å².